The minimum Gasteiger partial charge on any atom is -0.481 e. The molecular formula is C36H37Cl2N5O5. The maximum Gasteiger partial charge on any atom is 0.307 e. The van der Waals surface area contributed by atoms with Crippen LogP contribution in [0.3, 0.4) is 0 Å². The fourth-order valence-electron chi connectivity index (χ4n) is 6.48. The topological polar surface area (TPSA) is 127 Å². The Hall–Kier alpha value is -4.25. The third-order valence-electron chi connectivity index (χ3n) is 9.06. The van der Waals surface area contributed by atoms with Gasteiger partial charge in [0.25, 0.3) is 0 Å². The molecule has 4 heterocycles. The van der Waals surface area contributed by atoms with Gasteiger partial charge in [0, 0.05) is 53.4 Å². The van der Waals surface area contributed by atoms with Gasteiger partial charge in [-0.05, 0) is 44.7 Å². The van der Waals surface area contributed by atoms with Gasteiger partial charge in [-0.2, -0.15) is 0 Å². The summed E-state index contributed by atoms with van der Waals surface area (Å²) in [4.78, 5) is 39.1. The van der Waals surface area contributed by atoms with Gasteiger partial charge in [0.1, 0.15) is 5.69 Å². The number of carboxylic acid groups (broad SMARTS) is 1. The zero-order valence-corrected chi connectivity index (χ0v) is 28.4. The molecule has 2 aromatic carbocycles. The van der Waals surface area contributed by atoms with Gasteiger partial charge in [0.15, 0.2) is 0 Å². The first-order chi connectivity index (χ1) is 23.2. The highest BCUT2D eigenvalue weighted by atomic mass is 35.5. The number of nitrogens with one attached hydrogen (secondary N) is 1. The average molecular weight is 691 g/mol. The van der Waals surface area contributed by atoms with E-state index in [1.807, 2.05) is 53.4 Å². The van der Waals surface area contributed by atoms with Crippen LogP contribution in [0.1, 0.15) is 43.4 Å². The lowest BCUT2D eigenvalue weighted by molar-refractivity contribution is -0.141. The van der Waals surface area contributed by atoms with Crippen LogP contribution in [0, 0.1) is 5.92 Å². The van der Waals surface area contributed by atoms with E-state index in [0.717, 1.165) is 47.9 Å². The Morgan fingerprint density at radius 3 is 2.23 bits per heavy atom. The lowest BCUT2D eigenvalue weighted by Gasteiger charge is -2.17. The highest BCUT2D eigenvalue weighted by Gasteiger charge is 2.29. The Morgan fingerprint density at radius 1 is 0.938 bits per heavy atom. The zero-order chi connectivity index (χ0) is 33.8. The van der Waals surface area contributed by atoms with Crippen molar-refractivity contribution < 1.29 is 24.2 Å². The zero-order valence-electron chi connectivity index (χ0n) is 26.8. The molecule has 0 spiro atoms. The number of amides is 1. The predicted octanol–water partition coefficient (Wildman–Crippen LogP) is 6.70. The number of ether oxygens (including phenoxy) is 2. The fourth-order valence-corrected chi connectivity index (χ4v) is 7.13. The van der Waals surface area contributed by atoms with Crippen molar-refractivity contribution in [3.63, 3.8) is 0 Å². The van der Waals surface area contributed by atoms with E-state index >= 15 is 0 Å². The molecule has 250 valence electrons. The van der Waals surface area contributed by atoms with Gasteiger partial charge in [0.2, 0.25) is 17.7 Å². The van der Waals surface area contributed by atoms with Crippen LogP contribution >= 0.6 is 23.2 Å². The summed E-state index contributed by atoms with van der Waals surface area (Å²) in [7, 11) is 3.15. The number of rotatable bonds is 12. The Labute approximate surface area is 289 Å². The number of methoxy groups -OCH3 is 2. The van der Waals surface area contributed by atoms with E-state index in [1.165, 1.54) is 7.11 Å². The molecule has 2 aliphatic rings. The molecule has 12 heteroatoms. The number of aryl methyl sites for hydroxylation is 1. The molecule has 0 radical (unpaired) electrons. The van der Waals surface area contributed by atoms with Crippen molar-refractivity contribution >= 4 is 35.1 Å². The van der Waals surface area contributed by atoms with Crippen molar-refractivity contribution in [2.24, 2.45) is 5.92 Å². The normalized spacial score (nSPS) is 17.8. The summed E-state index contributed by atoms with van der Waals surface area (Å²) in [6.07, 6.45) is 6.38. The molecule has 2 fully saturated rings. The first kappa shape index (κ1) is 33.6. The predicted molar refractivity (Wildman–Crippen MR) is 184 cm³/mol. The molecule has 2 saturated heterocycles. The van der Waals surface area contributed by atoms with Gasteiger partial charge in [-0.15, -0.1) is 0 Å². The molecule has 2 atom stereocenters. The van der Waals surface area contributed by atoms with Crippen LogP contribution in [0.2, 0.25) is 10.0 Å². The first-order valence-corrected chi connectivity index (χ1v) is 16.8. The van der Waals surface area contributed by atoms with Gasteiger partial charge >= 0.3 is 5.97 Å². The first-order valence-electron chi connectivity index (χ1n) is 16.0. The van der Waals surface area contributed by atoms with Crippen LogP contribution in [0.15, 0.2) is 54.7 Å². The quantitative estimate of drug-likeness (QED) is 0.167. The number of benzene rings is 2. The van der Waals surface area contributed by atoms with E-state index in [4.69, 9.17) is 42.6 Å². The third-order valence-corrected chi connectivity index (χ3v) is 9.87. The standard InChI is InChI=1S/C36H37Cl2N5O5/c1-47-34-21(6-3-7-23-13-15-31(44)40-23)12-14-28(41-34)26-10-4-8-24(32(26)37)25-9-5-11-27(33(25)38)29-18-39-30(35(42-29)48-2)20-43-17-16-22(19-43)36(45)46/h4-5,8-12,14,18,22-23H,3,6-7,13,15-17,19-20H2,1-2H3,(H,40,44)(H,45,46)/t22-,23+/m0/s1. The molecule has 0 unspecified atom stereocenters. The number of halogens is 2. The minimum atomic E-state index is -0.778. The molecule has 2 N–H and O–H groups in total. The van der Waals surface area contributed by atoms with Gasteiger partial charge in [0.05, 0.1) is 47.8 Å². The Kier molecular flexibility index (Phi) is 10.4. The second-order valence-electron chi connectivity index (χ2n) is 12.2. The highest BCUT2D eigenvalue weighted by Crippen LogP contribution is 2.42. The SMILES string of the molecule is COc1nc(-c2cccc(-c3cccc(-c4cnc(CN5CC[C@H](C(=O)O)C5)c(OC)n4)c3Cl)c2Cl)ccc1CCC[C@@H]1CCC(=O)N1. The highest BCUT2D eigenvalue weighted by molar-refractivity contribution is 6.39. The Morgan fingerprint density at radius 2 is 1.60 bits per heavy atom. The summed E-state index contributed by atoms with van der Waals surface area (Å²) in [6, 6.07) is 15.6. The van der Waals surface area contributed by atoms with Crippen LogP contribution in [-0.2, 0) is 22.6 Å². The summed E-state index contributed by atoms with van der Waals surface area (Å²) in [5.74, 6) is -0.116. The Balaban J connectivity index is 1.23. The molecule has 2 aromatic heterocycles. The average Bonchev–Trinajstić information content (AvgIpc) is 3.74. The molecule has 10 nitrogen and oxygen atoms in total. The van der Waals surface area contributed by atoms with E-state index < -0.39 is 5.97 Å². The van der Waals surface area contributed by atoms with Crippen molar-refractivity contribution in [1.29, 1.82) is 0 Å². The largest absolute Gasteiger partial charge is 0.481 e. The lowest BCUT2D eigenvalue weighted by atomic mass is 9.98. The number of likely N-dealkylation sites (tertiary alicyclic amines) is 1. The number of hydrogen-bond donors (Lipinski definition) is 2. The van der Waals surface area contributed by atoms with E-state index in [-0.39, 0.29) is 17.9 Å². The number of aromatic nitrogens is 3. The summed E-state index contributed by atoms with van der Waals surface area (Å²) >= 11 is 14.1. The molecule has 2 aliphatic heterocycles. The second-order valence-corrected chi connectivity index (χ2v) is 12.9. The van der Waals surface area contributed by atoms with Gasteiger partial charge in [-0.3, -0.25) is 19.5 Å². The van der Waals surface area contributed by atoms with Crippen molar-refractivity contribution in [2.75, 3.05) is 27.3 Å². The molecule has 4 aromatic rings. The second kappa shape index (κ2) is 14.9. The molecule has 0 saturated carbocycles. The molecule has 0 aliphatic carbocycles. The number of pyridine rings is 1. The molecule has 1 amide bonds. The van der Waals surface area contributed by atoms with Crippen LogP contribution in [0.4, 0.5) is 0 Å². The van der Waals surface area contributed by atoms with E-state index in [1.54, 1.807) is 13.3 Å². The van der Waals surface area contributed by atoms with E-state index in [2.05, 4.69) is 10.3 Å². The summed E-state index contributed by atoms with van der Waals surface area (Å²) in [5, 5.41) is 13.3. The molecule has 48 heavy (non-hydrogen) atoms. The maximum atomic E-state index is 11.5. The molecule has 0 bridgehead atoms. The number of carboxylic acids is 1. The van der Waals surface area contributed by atoms with Crippen LogP contribution < -0.4 is 14.8 Å². The van der Waals surface area contributed by atoms with Crippen molar-refractivity contribution in [2.45, 2.75) is 51.1 Å². The Bertz CT molecular complexity index is 1840. The van der Waals surface area contributed by atoms with E-state index in [0.29, 0.717) is 76.9 Å². The number of carbonyl (C=O) groups excluding carboxylic acids is 1. The van der Waals surface area contributed by atoms with E-state index in [9.17, 15) is 14.7 Å². The third kappa shape index (κ3) is 7.26. The van der Waals surface area contributed by atoms with Crippen LogP contribution in [0.25, 0.3) is 33.6 Å². The summed E-state index contributed by atoms with van der Waals surface area (Å²) in [6.45, 7) is 1.58. The van der Waals surface area contributed by atoms with Gasteiger partial charge < -0.3 is 19.9 Å². The lowest BCUT2D eigenvalue weighted by Crippen LogP contribution is -2.25. The van der Waals surface area contributed by atoms with Crippen molar-refractivity contribution in [1.82, 2.24) is 25.2 Å². The number of aliphatic carboxylic acids is 1. The van der Waals surface area contributed by atoms with Crippen LogP contribution in [0.5, 0.6) is 11.8 Å². The summed E-state index contributed by atoms with van der Waals surface area (Å²) in [5.41, 5.74) is 5.72. The molecular weight excluding hydrogens is 653 g/mol. The maximum absolute atomic E-state index is 11.5. The monoisotopic (exact) mass is 689 g/mol. The van der Waals surface area contributed by atoms with Crippen LogP contribution in [-0.4, -0.2) is 70.2 Å². The van der Waals surface area contributed by atoms with Gasteiger partial charge in [-0.25, -0.2) is 9.97 Å². The van der Waals surface area contributed by atoms with Gasteiger partial charge in [-0.1, -0.05) is 65.7 Å². The van der Waals surface area contributed by atoms with Crippen molar-refractivity contribution in [3.8, 4) is 45.4 Å². The van der Waals surface area contributed by atoms with Crippen molar-refractivity contribution in [3.05, 3.63) is 76.0 Å². The number of nitrogens with zero attached hydrogens (tertiary/aromatic N) is 4. The molecule has 6 rings (SSSR count). The minimum absolute atomic E-state index is 0.131. The fraction of sp³-hybridized carbons (Fsp3) is 0.361. The number of hydrogen-bond acceptors (Lipinski definition) is 8. The number of carbonyl (C=O) groups is 2. The summed E-state index contributed by atoms with van der Waals surface area (Å²) < 4.78 is 11.3. The smallest absolute Gasteiger partial charge is 0.307 e.